The van der Waals surface area contributed by atoms with E-state index in [1.165, 1.54) is 0 Å². The Morgan fingerprint density at radius 1 is 1.27 bits per heavy atom. The first kappa shape index (κ1) is 12.3. The third kappa shape index (κ3) is 5.51. The van der Waals surface area contributed by atoms with Crippen molar-refractivity contribution in [2.45, 2.75) is 30.9 Å². The number of hydrogen-bond acceptors (Lipinski definition) is 2. The highest BCUT2D eigenvalue weighted by molar-refractivity contribution is 8.77. The number of rotatable bonds is 5. The highest BCUT2D eigenvalue weighted by Crippen LogP contribution is 2.36. The van der Waals surface area contributed by atoms with E-state index in [1.807, 2.05) is 10.8 Å². The highest BCUT2D eigenvalue weighted by Gasteiger charge is 2.21. The number of hydrogen-bond donors (Lipinski definition) is 0. The van der Waals surface area contributed by atoms with Gasteiger partial charge in [0, 0.05) is 11.0 Å². The van der Waals surface area contributed by atoms with E-state index >= 15 is 0 Å². The van der Waals surface area contributed by atoms with E-state index in [-0.39, 0.29) is 4.84 Å². The summed E-state index contributed by atoms with van der Waals surface area (Å²) in [7, 11) is 3.61. The second-order valence-corrected chi connectivity index (χ2v) is 6.54. The first-order chi connectivity index (χ1) is 5.09. The van der Waals surface area contributed by atoms with Gasteiger partial charge in [-0.05, 0) is 5.92 Å². The van der Waals surface area contributed by atoms with Gasteiger partial charge in [0.1, 0.15) is 4.84 Å². The molecule has 0 N–H and O–H groups in total. The zero-order valence-electron chi connectivity index (χ0n) is 7.01. The van der Waals surface area contributed by atoms with E-state index in [4.69, 9.17) is 23.2 Å². The normalized spacial score (nSPS) is 14.5. The van der Waals surface area contributed by atoms with Crippen molar-refractivity contribution in [3.8, 4) is 0 Å². The van der Waals surface area contributed by atoms with E-state index in [2.05, 4.69) is 20.8 Å². The SMILES string of the molecule is CCSS[C@@H](C(C)C)C(Cl)Cl. The van der Waals surface area contributed by atoms with Crippen LogP contribution in [0.25, 0.3) is 0 Å². The van der Waals surface area contributed by atoms with Crippen molar-refractivity contribution in [1.82, 2.24) is 0 Å². The molecule has 0 fully saturated rings. The molecule has 0 aliphatic rings. The molecule has 0 radical (unpaired) electrons. The monoisotopic (exact) mass is 232 g/mol. The summed E-state index contributed by atoms with van der Waals surface area (Å²) >= 11 is 11.6. The maximum Gasteiger partial charge on any atom is 0.120 e. The van der Waals surface area contributed by atoms with Crippen LogP contribution in [0.1, 0.15) is 20.8 Å². The molecule has 4 heteroatoms. The summed E-state index contributed by atoms with van der Waals surface area (Å²) in [6.07, 6.45) is 0. The molecule has 0 aromatic heterocycles. The van der Waals surface area contributed by atoms with Gasteiger partial charge in [-0.15, -0.1) is 23.2 Å². The zero-order chi connectivity index (χ0) is 8.85. The lowest BCUT2D eigenvalue weighted by atomic mass is 10.1. The fraction of sp³-hybridized carbons (Fsp3) is 1.00. The summed E-state index contributed by atoms with van der Waals surface area (Å²) in [5.41, 5.74) is 0. The average Bonchev–Trinajstić information content (AvgIpc) is 1.87. The van der Waals surface area contributed by atoms with Crippen LogP contribution >= 0.6 is 44.8 Å². The van der Waals surface area contributed by atoms with E-state index < -0.39 is 0 Å². The van der Waals surface area contributed by atoms with Crippen LogP contribution in [0.2, 0.25) is 0 Å². The Morgan fingerprint density at radius 3 is 2.09 bits per heavy atom. The molecule has 0 aromatic carbocycles. The molecular weight excluding hydrogens is 219 g/mol. The summed E-state index contributed by atoms with van der Waals surface area (Å²) in [6, 6.07) is 0. The summed E-state index contributed by atoms with van der Waals surface area (Å²) < 4.78 is 0. The minimum Gasteiger partial charge on any atom is -0.104 e. The van der Waals surface area contributed by atoms with Gasteiger partial charge in [-0.1, -0.05) is 42.4 Å². The van der Waals surface area contributed by atoms with E-state index in [0.29, 0.717) is 11.2 Å². The lowest BCUT2D eigenvalue weighted by molar-refractivity contribution is 0.634. The van der Waals surface area contributed by atoms with Crippen molar-refractivity contribution < 1.29 is 0 Å². The predicted octanol–water partition coefficient (Wildman–Crippen LogP) is 4.22. The predicted molar refractivity (Wildman–Crippen MR) is 59.8 cm³/mol. The van der Waals surface area contributed by atoms with Gasteiger partial charge in [0.15, 0.2) is 0 Å². The topological polar surface area (TPSA) is 0 Å². The first-order valence-electron chi connectivity index (χ1n) is 3.66. The minimum absolute atomic E-state index is 0.251. The van der Waals surface area contributed by atoms with Gasteiger partial charge in [0.2, 0.25) is 0 Å². The molecule has 0 amide bonds. The Balaban J connectivity index is 3.70. The Kier molecular flexibility index (Phi) is 7.55. The van der Waals surface area contributed by atoms with E-state index in [0.717, 1.165) is 5.75 Å². The molecule has 0 aromatic rings. The van der Waals surface area contributed by atoms with Gasteiger partial charge in [0.05, 0.1) is 0 Å². The summed E-state index contributed by atoms with van der Waals surface area (Å²) in [5.74, 6) is 1.65. The Bertz CT molecular complexity index is 88.4. The largest absolute Gasteiger partial charge is 0.120 e. The van der Waals surface area contributed by atoms with Crippen LogP contribution in [0.5, 0.6) is 0 Å². The Labute approximate surface area is 87.2 Å². The van der Waals surface area contributed by atoms with E-state index in [1.54, 1.807) is 10.8 Å². The third-order valence-corrected chi connectivity index (χ3v) is 5.24. The second kappa shape index (κ2) is 6.76. The molecule has 1 atom stereocenters. The first-order valence-corrected chi connectivity index (χ1v) is 6.91. The lowest BCUT2D eigenvalue weighted by Gasteiger charge is -2.19. The van der Waals surface area contributed by atoms with Crippen molar-refractivity contribution in [2.24, 2.45) is 5.92 Å². The van der Waals surface area contributed by atoms with Crippen LogP contribution in [0.4, 0.5) is 0 Å². The van der Waals surface area contributed by atoms with Crippen LogP contribution in [-0.4, -0.2) is 15.8 Å². The molecule has 0 rings (SSSR count). The molecule has 0 heterocycles. The molecule has 0 bridgehead atoms. The third-order valence-electron chi connectivity index (χ3n) is 1.20. The molecule has 0 aliphatic carbocycles. The molecule has 0 spiro atoms. The summed E-state index contributed by atoms with van der Waals surface area (Å²) in [6.45, 7) is 6.42. The van der Waals surface area contributed by atoms with Crippen molar-refractivity contribution in [3.05, 3.63) is 0 Å². The smallest absolute Gasteiger partial charge is 0.104 e. The van der Waals surface area contributed by atoms with Crippen LogP contribution in [-0.2, 0) is 0 Å². The van der Waals surface area contributed by atoms with Gasteiger partial charge in [-0.25, -0.2) is 0 Å². The molecular formula is C7H14Cl2S2. The fourth-order valence-electron chi connectivity index (χ4n) is 0.591. The quantitative estimate of drug-likeness (QED) is 0.515. The lowest BCUT2D eigenvalue weighted by Crippen LogP contribution is -2.17. The molecule has 0 nitrogen and oxygen atoms in total. The van der Waals surface area contributed by atoms with Crippen LogP contribution in [0.3, 0.4) is 0 Å². The Hall–Kier alpha value is 1.28. The van der Waals surface area contributed by atoms with Gasteiger partial charge < -0.3 is 0 Å². The van der Waals surface area contributed by atoms with Gasteiger partial charge in [-0.2, -0.15) is 0 Å². The molecule has 0 aliphatic heterocycles. The fourth-order valence-corrected chi connectivity index (χ4v) is 4.33. The zero-order valence-corrected chi connectivity index (χ0v) is 10.2. The van der Waals surface area contributed by atoms with Crippen LogP contribution in [0.15, 0.2) is 0 Å². The molecule has 0 saturated carbocycles. The van der Waals surface area contributed by atoms with Crippen molar-refractivity contribution in [1.29, 1.82) is 0 Å². The van der Waals surface area contributed by atoms with Crippen LogP contribution in [0, 0.1) is 5.92 Å². The number of alkyl halides is 2. The summed E-state index contributed by atoms with van der Waals surface area (Å²) in [4.78, 5) is -0.251. The van der Waals surface area contributed by atoms with Crippen LogP contribution < -0.4 is 0 Å². The van der Waals surface area contributed by atoms with Crippen molar-refractivity contribution in [2.75, 3.05) is 5.75 Å². The van der Waals surface area contributed by atoms with E-state index in [9.17, 15) is 0 Å². The maximum atomic E-state index is 5.81. The standard InChI is InChI=1S/C7H14Cl2S2/c1-4-10-11-6(5(2)3)7(8)9/h5-7H,4H2,1-3H3/t6-/m0/s1. The molecule has 11 heavy (non-hydrogen) atoms. The highest BCUT2D eigenvalue weighted by atomic mass is 35.5. The molecule has 0 unspecified atom stereocenters. The van der Waals surface area contributed by atoms with Crippen molar-refractivity contribution in [3.63, 3.8) is 0 Å². The summed E-state index contributed by atoms with van der Waals surface area (Å²) in [5, 5.41) is 0.350. The Morgan fingerprint density at radius 2 is 1.82 bits per heavy atom. The van der Waals surface area contributed by atoms with Gasteiger partial charge in [-0.3, -0.25) is 0 Å². The molecule has 0 saturated heterocycles. The van der Waals surface area contributed by atoms with Gasteiger partial charge in [0.25, 0.3) is 0 Å². The van der Waals surface area contributed by atoms with Crippen molar-refractivity contribution >= 4 is 44.8 Å². The number of halogens is 2. The minimum atomic E-state index is -0.251. The second-order valence-electron chi connectivity index (χ2n) is 2.55. The van der Waals surface area contributed by atoms with Gasteiger partial charge >= 0.3 is 0 Å². The maximum absolute atomic E-state index is 5.81. The molecule has 68 valence electrons. The average molecular weight is 233 g/mol.